The van der Waals surface area contributed by atoms with Crippen molar-refractivity contribution in [2.24, 2.45) is 0 Å². The van der Waals surface area contributed by atoms with Crippen molar-refractivity contribution < 1.29 is 23.8 Å². The first-order chi connectivity index (χ1) is 15.4. The molecule has 1 saturated heterocycles. The number of furan rings is 1. The summed E-state index contributed by atoms with van der Waals surface area (Å²) in [7, 11) is 1.59. The van der Waals surface area contributed by atoms with Crippen molar-refractivity contribution in [3.8, 4) is 5.75 Å². The van der Waals surface area contributed by atoms with Crippen LogP contribution in [0.4, 0.5) is 0 Å². The Morgan fingerprint density at radius 1 is 1.19 bits per heavy atom. The highest BCUT2D eigenvalue weighted by Gasteiger charge is 2.47. The van der Waals surface area contributed by atoms with Gasteiger partial charge < -0.3 is 19.2 Å². The monoisotopic (exact) mass is 432 g/mol. The minimum atomic E-state index is -0.845. The van der Waals surface area contributed by atoms with Crippen molar-refractivity contribution in [3.63, 3.8) is 0 Å². The summed E-state index contributed by atoms with van der Waals surface area (Å²) in [5.74, 6) is -0.462. The molecule has 164 valence electrons. The smallest absolute Gasteiger partial charge is 0.296 e. The summed E-state index contributed by atoms with van der Waals surface area (Å²) in [5.41, 5.74) is 2.13. The molecule has 3 heterocycles. The van der Waals surface area contributed by atoms with Crippen molar-refractivity contribution >= 4 is 17.4 Å². The summed E-state index contributed by atoms with van der Waals surface area (Å²) in [6, 6.07) is 11.3. The number of pyridine rings is 1. The van der Waals surface area contributed by atoms with Gasteiger partial charge in [-0.25, -0.2) is 0 Å². The molecule has 2 aromatic heterocycles. The molecule has 1 fully saturated rings. The number of aromatic nitrogens is 1. The Hall–Kier alpha value is -3.87. The minimum absolute atomic E-state index is 0.00104. The number of likely N-dealkylation sites (tertiary alicyclic amines) is 1. The second kappa shape index (κ2) is 8.70. The van der Waals surface area contributed by atoms with Crippen LogP contribution in [0, 0.1) is 0 Å². The zero-order chi connectivity index (χ0) is 22.8. The van der Waals surface area contributed by atoms with Gasteiger partial charge in [-0.3, -0.25) is 14.6 Å². The maximum Gasteiger partial charge on any atom is 0.296 e. The second-order valence-corrected chi connectivity index (χ2v) is 7.91. The average molecular weight is 432 g/mol. The van der Waals surface area contributed by atoms with Crippen LogP contribution in [0.5, 0.6) is 5.75 Å². The van der Waals surface area contributed by atoms with Crippen molar-refractivity contribution in [2.45, 2.75) is 32.4 Å². The molecule has 1 atom stereocenters. The third-order valence-corrected chi connectivity index (χ3v) is 5.58. The average Bonchev–Trinajstić information content (AvgIpc) is 3.41. The zero-order valence-corrected chi connectivity index (χ0v) is 18.1. The molecule has 1 aromatic carbocycles. The van der Waals surface area contributed by atoms with E-state index in [0.717, 1.165) is 11.1 Å². The lowest BCUT2D eigenvalue weighted by Crippen LogP contribution is -2.29. The van der Waals surface area contributed by atoms with E-state index in [1.807, 2.05) is 13.8 Å². The molecule has 1 amide bonds. The Bertz CT molecular complexity index is 1170. The molecule has 1 N–H and O–H groups in total. The SMILES string of the molecule is COc1ccc(/C(O)=C2/C(=O)C(=O)N(Cc3ccncc3)C2c2ccco2)cc1C(C)C. The number of amides is 1. The van der Waals surface area contributed by atoms with E-state index in [1.165, 1.54) is 11.2 Å². The molecule has 4 rings (SSSR count). The number of hydrogen-bond acceptors (Lipinski definition) is 6. The van der Waals surface area contributed by atoms with Gasteiger partial charge in [-0.15, -0.1) is 0 Å². The number of ketones is 1. The first-order valence-electron chi connectivity index (χ1n) is 10.3. The van der Waals surface area contributed by atoms with E-state index in [1.54, 1.807) is 62.0 Å². The molecule has 32 heavy (non-hydrogen) atoms. The van der Waals surface area contributed by atoms with Crippen LogP contribution >= 0.6 is 0 Å². The van der Waals surface area contributed by atoms with E-state index in [9.17, 15) is 14.7 Å². The summed E-state index contributed by atoms with van der Waals surface area (Å²) < 4.78 is 11.0. The number of Topliss-reactive ketones (excluding diaryl/α,β-unsaturated/α-hetero) is 1. The molecule has 1 unspecified atom stereocenters. The van der Waals surface area contributed by atoms with Crippen LogP contribution in [0.3, 0.4) is 0 Å². The lowest BCUT2D eigenvalue weighted by atomic mass is 9.95. The highest BCUT2D eigenvalue weighted by molar-refractivity contribution is 6.46. The van der Waals surface area contributed by atoms with Crippen molar-refractivity contribution in [1.82, 2.24) is 9.88 Å². The number of rotatable bonds is 6. The van der Waals surface area contributed by atoms with Crippen LogP contribution in [-0.2, 0) is 16.1 Å². The Labute approximate surface area is 186 Å². The van der Waals surface area contributed by atoms with Gasteiger partial charge in [0.1, 0.15) is 23.3 Å². The normalized spacial score (nSPS) is 17.9. The summed E-state index contributed by atoms with van der Waals surface area (Å²) in [6.07, 6.45) is 4.73. The summed E-state index contributed by atoms with van der Waals surface area (Å²) >= 11 is 0. The summed E-state index contributed by atoms with van der Waals surface area (Å²) in [5, 5.41) is 11.2. The number of carbonyl (C=O) groups is 2. The first-order valence-corrected chi connectivity index (χ1v) is 10.3. The van der Waals surface area contributed by atoms with Crippen LogP contribution < -0.4 is 4.74 Å². The number of aliphatic hydroxyl groups excluding tert-OH is 1. The third kappa shape index (κ3) is 3.77. The fourth-order valence-corrected chi connectivity index (χ4v) is 3.96. The van der Waals surface area contributed by atoms with Gasteiger partial charge in [0.2, 0.25) is 0 Å². The van der Waals surface area contributed by atoms with Gasteiger partial charge in [-0.1, -0.05) is 13.8 Å². The number of ether oxygens (including phenoxy) is 1. The Kier molecular flexibility index (Phi) is 5.81. The molecular formula is C25H24N2O5. The number of nitrogens with zero attached hydrogens (tertiary/aromatic N) is 2. The summed E-state index contributed by atoms with van der Waals surface area (Å²) in [4.78, 5) is 31.5. The molecule has 7 heteroatoms. The maximum atomic E-state index is 13.1. The van der Waals surface area contributed by atoms with Gasteiger partial charge in [0.25, 0.3) is 11.7 Å². The third-order valence-electron chi connectivity index (χ3n) is 5.58. The lowest BCUT2D eigenvalue weighted by Gasteiger charge is -2.23. The lowest BCUT2D eigenvalue weighted by molar-refractivity contribution is -0.140. The topological polar surface area (TPSA) is 92.9 Å². The highest BCUT2D eigenvalue weighted by Crippen LogP contribution is 2.41. The van der Waals surface area contributed by atoms with Crippen molar-refractivity contribution in [2.75, 3.05) is 7.11 Å². The number of benzene rings is 1. The van der Waals surface area contributed by atoms with E-state index in [2.05, 4.69) is 4.98 Å². The summed E-state index contributed by atoms with van der Waals surface area (Å²) in [6.45, 7) is 4.20. The molecule has 0 aliphatic carbocycles. The van der Waals surface area contributed by atoms with Gasteiger partial charge in [0, 0.05) is 24.5 Å². The number of aliphatic hydroxyl groups is 1. The van der Waals surface area contributed by atoms with Gasteiger partial charge in [0.15, 0.2) is 0 Å². The quantitative estimate of drug-likeness (QED) is 0.352. The van der Waals surface area contributed by atoms with Crippen LogP contribution in [-0.4, -0.2) is 33.8 Å². The highest BCUT2D eigenvalue weighted by atomic mass is 16.5. The zero-order valence-electron chi connectivity index (χ0n) is 18.1. The molecular weight excluding hydrogens is 408 g/mol. The van der Waals surface area contributed by atoms with Crippen LogP contribution in [0.1, 0.15) is 48.3 Å². The minimum Gasteiger partial charge on any atom is -0.507 e. The Balaban J connectivity index is 1.84. The number of methoxy groups -OCH3 is 1. The van der Waals surface area contributed by atoms with Gasteiger partial charge >= 0.3 is 0 Å². The predicted octanol–water partition coefficient (Wildman–Crippen LogP) is 4.43. The molecule has 0 radical (unpaired) electrons. The van der Waals surface area contributed by atoms with Crippen molar-refractivity contribution in [3.05, 3.63) is 89.1 Å². The largest absolute Gasteiger partial charge is 0.507 e. The molecule has 7 nitrogen and oxygen atoms in total. The molecule has 3 aromatic rings. The van der Waals surface area contributed by atoms with E-state index in [0.29, 0.717) is 17.1 Å². The standard InChI is InChI=1S/C25H24N2O5/c1-15(2)18-13-17(6-7-19(18)31-3)23(28)21-22(20-5-4-12-32-20)27(25(30)24(21)29)14-16-8-10-26-11-9-16/h4-13,15,22,28H,14H2,1-3H3/b23-21-. The van der Waals surface area contributed by atoms with Crippen molar-refractivity contribution in [1.29, 1.82) is 0 Å². The van der Waals surface area contributed by atoms with Gasteiger partial charge in [0.05, 0.1) is 18.9 Å². The fourth-order valence-electron chi connectivity index (χ4n) is 3.96. The first kappa shape index (κ1) is 21.4. The number of carbonyl (C=O) groups excluding carboxylic acids is 2. The van der Waals surface area contributed by atoms with Crippen LogP contribution in [0.15, 0.2) is 71.1 Å². The van der Waals surface area contributed by atoms with E-state index < -0.39 is 17.7 Å². The van der Waals surface area contributed by atoms with Crippen LogP contribution in [0.2, 0.25) is 0 Å². The molecule has 1 aliphatic rings. The van der Waals surface area contributed by atoms with E-state index in [4.69, 9.17) is 9.15 Å². The number of hydrogen-bond donors (Lipinski definition) is 1. The molecule has 1 aliphatic heterocycles. The maximum absolute atomic E-state index is 13.1. The fraction of sp³-hybridized carbons (Fsp3) is 0.240. The van der Waals surface area contributed by atoms with Crippen LogP contribution in [0.25, 0.3) is 5.76 Å². The predicted molar refractivity (Wildman–Crippen MR) is 118 cm³/mol. The Morgan fingerprint density at radius 2 is 1.94 bits per heavy atom. The molecule has 0 spiro atoms. The molecule has 0 bridgehead atoms. The van der Waals surface area contributed by atoms with Gasteiger partial charge in [-0.05, 0) is 59.5 Å². The Morgan fingerprint density at radius 3 is 2.56 bits per heavy atom. The van der Waals surface area contributed by atoms with E-state index in [-0.39, 0.29) is 23.8 Å². The van der Waals surface area contributed by atoms with E-state index >= 15 is 0 Å². The van der Waals surface area contributed by atoms with Gasteiger partial charge in [-0.2, -0.15) is 0 Å². The second-order valence-electron chi connectivity index (χ2n) is 7.91. The molecule has 0 saturated carbocycles.